The van der Waals surface area contributed by atoms with Gasteiger partial charge in [-0.15, -0.1) is 0 Å². The number of carboxylic acids is 1. The number of anilines is 1. The normalized spacial score (nSPS) is 11.7. The highest BCUT2D eigenvalue weighted by molar-refractivity contribution is 9.10. The SMILES string of the molecule is CCC(C)NC(=O)Nc1ccc(Br)c(C(=O)O)c1. The van der Waals surface area contributed by atoms with Crippen LogP contribution in [-0.4, -0.2) is 23.1 Å². The molecule has 0 aliphatic carbocycles. The van der Waals surface area contributed by atoms with Crippen molar-refractivity contribution in [2.45, 2.75) is 26.3 Å². The second-order valence-electron chi connectivity index (χ2n) is 3.91. The van der Waals surface area contributed by atoms with Crippen molar-refractivity contribution < 1.29 is 14.7 Å². The van der Waals surface area contributed by atoms with Gasteiger partial charge in [0.15, 0.2) is 0 Å². The van der Waals surface area contributed by atoms with E-state index < -0.39 is 5.97 Å². The van der Waals surface area contributed by atoms with Gasteiger partial charge < -0.3 is 15.7 Å². The van der Waals surface area contributed by atoms with Gasteiger partial charge in [0.05, 0.1) is 5.56 Å². The Morgan fingerprint density at radius 1 is 1.44 bits per heavy atom. The molecule has 0 fully saturated rings. The number of hydrogen-bond donors (Lipinski definition) is 3. The number of benzene rings is 1. The Kier molecular flexibility index (Phi) is 5.15. The molecular formula is C12H15BrN2O3. The highest BCUT2D eigenvalue weighted by atomic mass is 79.9. The van der Waals surface area contributed by atoms with Gasteiger partial charge >= 0.3 is 12.0 Å². The van der Waals surface area contributed by atoms with Crippen molar-refractivity contribution in [3.05, 3.63) is 28.2 Å². The number of urea groups is 1. The zero-order valence-electron chi connectivity index (χ0n) is 10.2. The fourth-order valence-electron chi connectivity index (χ4n) is 1.26. The van der Waals surface area contributed by atoms with Crippen LogP contribution in [0, 0.1) is 0 Å². The number of halogens is 1. The molecule has 0 aromatic heterocycles. The van der Waals surface area contributed by atoms with Crippen molar-refractivity contribution in [2.75, 3.05) is 5.32 Å². The van der Waals surface area contributed by atoms with Crippen LogP contribution in [0.15, 0.2) is 22.7 Å². The van der Waals surface area contributed by atoms with Gasteiger partial charge in [-0.05, 0) is 47.5 Å². The van der Waals surface area contributed by atoms with E-state index in [1.807, 2.05) is 13.8 Å². The largest absolute Gasteiger partial charge is 0.478 e. The van der Waals surface area contributed by atoms with Crippen LogP contribution in [0.5, 0.6) is 0 Å². The molecule has 98 valence electrons. The van der Waals surface area contributed by atoms with Crippen LogP contribution in [-0.2, 0) is 0 Å². The Morgan fingerprint density at radius 3 is 2.67 bits per heavy atom. The minimum absolute atomic E-state index is 0.0689. The molecule has 0 aliphatic rings. The van der Waals surface area contributed by atoms with Crippen molar-refractivity contribution in [3.8, 4) is 0 Å². The van der Waals surface area contributed by atoms with E-state index in [1.165, 1.54) is 6.07 Å². The number of hydrogen-bond acceptors (Lipinski definition) is 2. The molecule has 6 heteroatoms. The highest BCUT2D eigenvalue weighted by Crippen LogP contribution is 2.21. The second kappa shape index (κ2) is 6.39. The Bertz CT molecular complexity index is 463. The minimum Gasteiger partial charge on any atom is -0.478 e. The van der Waals surface area contributed by atoms with Gasteiger partial charge in [-0.2, -0.15) is 0 Å². The van der Waals surface area contributed by atoms with Crippen molar-refractivity contribution in [2.24, 2.45) is 0 Å². The molecule has 1 atom stereocenters. The molecule has 0 heterocycles. The number of aromatic carboxylic acids is 1. The van der Waals surface area contributed by atoms with Gasteiger partial charge in [0, 0.05) is 16.2 Å². The predicted molar refractivity (Wildman–Crippen MR) is 73.0 cm³/mol. The van der Waals surface area contributed by atoms with Crippen LogP contribution in [0.1, 0.15) is 30.6 Å². The smallest absolute Gasteiger partial charge is 0.336 e. The molecule has 0 radical (unpaired) electrons. The topological polar surface area (TPSA) is 78.4 Å². The Labute approximate surface area is 114 Å². The zero-order valence-corrected chi connectivity index (χ0v) is 11.7. The van der Waals surface area contributed by atoms with E-state index in [0.717, 1.165) is 6.42 Å². The Morgan fingerprint density at radius 2 is 2.11 bits per heavy atom. The summed E-state index contributed by atoms with van der Waals surface area (Å²) >= 11 is 3.14. The quantitative estimate of drug-likeness (QED) is 0.799. The van der Waals surface area contributed by atoms with Gasteiger partial charge in [0.2, 0.25) is 0 Å². The summed E-state index contributed by atoms with van der Waals surface area (Å²) in [5.74, 6) is -1.05. The number of carbonyl (C=O) groups is 2. The maximum atomic E-state index is 11.6. The highest BCUT2D eigenvalue weighted by Gasteiger charge is 2.11. The first-order valence-corrected chi connectivity index (χ1v) is 6.33. The molecule has 2 amide bonds. The lowest BCUT2D eigenvalue weighted by atomic mass is 10.2. The fraction of sp³-hybridized carbons (Fsp3) is 0.333. The monoisotopic (exact) mass is 314 g/mol. The third kappa shape index (κ3) is 4.03. The van der Waals surface area contributed by atoms with Crippen LogP contribution in [0.25, 0.3) is 0 Å². The summed E-state index contributed by atoms with van der Waals surface area (Å²) < 4.78 is 0.475. The summed E-state index contributed by atoms with van der Waals surface area (Å²) in [4.78, 5) is 22.5. The zero-order chi connectivity index (χ0) is 13.7. The number of nitrogens with one attached hydrogen (secondary N) is 2. The van der Waals surface area contributed by atoms with Gasteiger partial charge in [0.25, 0.3) is 0 Å². The summed E-state index contributed by atoms with van der Waals surface area (Å²) in [6.45, 7) is 3.86. The minimum atomic E-state index is -1.05. The molecule has 1 aromatic carbocycles. The first-order chi connectivity index (χ1) is 8.43. The summed E-state index contributed by atoms with van der Waals surface area (Å²) in [5.41, 5.74) is 0.549. The molecule has 1 unspecified atom stereocenters. The van der Waals surface area contributed by atoms with Crippen LogP contribution in [0.4, 0.5) is 10.5 Å². The fourth-order valence-corrected chi connectivity index (χ4v) is 1.68. The Balaban J connectivity index is 2.76. The van der Waals surface area contributed by atoms with E-state index in [1.54, 1.807) is 12.1 Å². The number of carboxylic acid groups (broad SMARTS) is 1. The van der Waals surface area contributed by atoms with E-state index in [9.17, 15) is 9.59 Å². The number of rotatable bonds is 4. The van der Waals surface area contributed by atoms with Crippen molar-refractivity contribution >= 4 is 33.6 Å². The molecule has 3 N–H and O–H groups in total. The molecule has 18 heavy (non-hydrogen) atoms. The molecule has 1 aromatic rings. The molecule has 0 saturated carbocycles. The summed E-state index contributed by atoms with van der Waals surface area (Å²) in [5, 5.41) is 14.3. The summed E-state index contributed by atoms with van der Waals surface area (Å²) in [7, 11) is 0. The third-order valence-electron chi connectivity index (χ3n) is 2.44. The summed E-state index contributed by atoms with van der Waals surface area (Å²) in [6, 6.07) is 4.35. The average molecular weight is 315 g/mol. The maximum absolute atomic E-state index is 11.6. The van der Waals surface area contributed by atoms with Gasteiger partial charge in [-0.1, -0.05) is 6.92 Å². The van der Waals surface area contributed by atoms with Crippen molar-refractivity contribution in [1.29, 1.82) is 0 Å². The van der Waals surface area contributed by atoms with E-state index in [-0.39, 0.29) is 17.6 Å². The average Bonchev–Trinajstić information content (AvgIpc) is 2.31. The first-order valence-electron chi connectivity index (χ1n) is 5.54. The molecule has 1 rings (SSSR count). The van der Waals surface area contributed by atoms with Crippen LogP contribution < -0.4 is 10.6 Å². The second-order valence-corrected chi connectivity index (χ2v) is 4.76. The van der Waals surface area contributed by atoms with E-state index in [0.29, 0.717) is 10.2 Å². The molecule has 0 saturated heterocycles. The van der Waals surface area contributed by atoms with Crippen molar-refractivity contribution in [1.82, 2.24) is 5.32 Å². The van der Waals surface area contributed by atoms with Crippen LogP contribution in [0.3, 0.4) is 0 Å². The standard InChI is InChI=1S/C12H15BrN2O3/c1-3-7(2)14-12(18)15-8-4-5-10(13)9(6-8)11(16)17/h4-7H,3H2,1-2H3,(H,16,17)(H2,14,15,18). The van der Waals surface area contributed by atoms with Gasteiger partial charge in [0.1, 0.15) is 0 Å². The Hall–Kier alpha value is -1.56. The van der Waals surface area contributed by atoms with Crippen LogP contribution in [0.2, 0.25) is 0 Å². The predicted octanol–water partition coefficient (Wildman–Crippen LogP) is 3.07. The van der Waals surface area contributed by atoms with Gasteiger partial charge in [-0.3, -0.25) is 0 Å². The maximum Gasteiger partial charge on any atom is 0.336 e. The molecular weight excluding hydrogens is 300 g/mol. The van der Waals surface area contributed by atoms with Gasteiger partial charge in [-0.25, -0.2) is 9.59 Å². The van der Waals surface area contributed by atoms with Crippen LogP contribution >= 0.6 is 15.9 Å². The molecule has 0 bridgehead atoms. The molecule has 0 spiro atoms. The lowest BCUT2D eigenvalue weighted by Gasteiger charge is -2.13. The van der Waals surface area contributed by atoms with E-state index >= 15 is 0 Å². The lowest BCUT2D eigenvalue weighted by molar-refractivity contribution is 0.0696. The van der Waals surface area contributed by atoms with Crippen molar-refractivity contribution in [3.63, 3.8) is 0 Å². The number of carbonyl (C=O) groups excluding carboxylic acids is 1. The third-order valence-corrected chi connectivity index (χ3v) is 3.14. The van der Waals surface area contributed by atoms with E-state index in [4.69, 9.17) is 5.11 Å². The molecule has 5 nitrogen and oxygen atoms in total. The molecule has 0 aliphatic heterocycles. The summed E-state index contributed by atoms with van der Waals surface area (Å²) in [6.07, 6.45) is 0.828. The van der Waals surface area contributed by atoms with E-state index in [2.05, 4.69) is 26.6 Å². The lowest BCUT2D eigenvalue weighted by Crippen LogP contribution is -2.35. The first kappa shape index (κ1) is 14.5. The number of amides is 2.